The summed E-state index contributed by atoms with van der Waals surface area (Å²) in [7, 11) is -3.38. The first-order chi connectivity index (χ1) is 14.4. The molecule has 1 heterocycles. The van der Waals surface area contributed by atoms with Gasteiger partial charge in [0.2, 0.25) is 0 Å². The number of rotatable bonds is 5. The van der Waals surface area contributed by atoms with Gasteiger partial charge in [-0.2, -0.15) is 13.2 Å². The zero-order chi connectivity index (χ0) is 22.8. The molecule has 0 aliphatic heterocycles. The molecule has 31 heavy (non-hydrogen) atoms. The predicted molar refractivity (Wildman–Crippen MR) is 113 cm³/mol. The number of hydrogen-bond donors (Lipinski definition) is 1. The van der Waals surface area contributed by atoms with Crippen molar-refractivity contribution in [3.8, 4) is 10.6 Å². The molecule has 0 bridgehead atoms. The second-order valence-electron chi connectivity index (χ2n) is 6.47. The number of sulfone groups is 1. The highest BCUT2D eigenvalue weighted by Gasteiger charge is 2.30. The molecule has 11 heteroatoms. The number of halogens is 3. The Morgan fingerprint density at radius 1 is 1.16 bits per heavy atom. The SMILES string of the molecule is CS(=O)(=O)c1cccc(C=CC(=O)N(N)c2csc(-c3ccc(C(F)(F)F)cc3)n2)c1. The predicted octanol–water partition coefficient (Wildman–Crippen LogP) is 4.15. The molecule has 1 amide bonds. The number of alkyl halides is 3. The van der Waals surface area contributed by atoms with Crippen molar-refractivity contribution in [3.63, 3.8) is 0 Å². The standard InChI is InChI=1S/C20H16F3N3O3S2/c1-31(28,29)16-4-2-3-13(11-16)5-10-18(27)26(24)17-12-30-19(25-17)14-6-8-15(9-7-14)20(21,22)23/h2-12H,24H2,1H3. The summed E-state index contributed by atoms with van der Waals surface area (Å²) in [4.78, 5) is 16.7. The number of hydrazine groups is 1. The monoisotopic (exact) mass is 467 g/mol. The maximum atomic E-state index is 12.7. The molecule has 1 aromatic heterocycles. The summed E-state index contributed by atoms with van der Waals surface area (Å²) in [5, 5.41) is 2.70. The number of carbonyl (C=O) groups is 1. The minimum atomic E-state index is -4.43. The molecule has 3 aromatic rings. The molecule has 0 unspecified atom stereocenters. The Morgan fingerprint density at radius 3 is 2.45 bits per heavy atom. The molecule has 0 radical (unpaired) electrons. The van der Waals surface area contributed by atoms with Gasteiger partial charge in [-0.3, -0.25) is 4.79 Å². The van der Waals surface area contributed by atoms with Crippen LogP contribution in [-0.2, 0) is 20.8 Å². The minimum absolute atomic E-state index is 0.118. The second-order valence-corrected chi connectivity index (χ2v) is 9.35. The molecule has 2 N–H and O–H groups in total. The number of thiazole rings is 1. The van der Waals surface area contributed by atoms with Gasteiger partial charge in [-0.05, 0) is 35.9 Å². The van der Waals surface area contributed by atoms with E-state index in [2.05, 4.69) is 4.98 Å². The van der Waals surface area contributed by atoms with Crippen LogP contribution in [0.1, 0.15) is 11.1 Å². The van der Waals surface area contributed by atoms with Crippen molar-refractivity contribution in [1.29, 1.82) is 0 Å². The van der Waals surface area contributed by atoms with Gasteiger partial charge in [0.05, 0.1) is 10.5 Å². The summed E-state index contributed by atoms with van der Waals surface area (Å²) >= 11 is 1.12. The van der Waals surface area contributed by atoms with Crippen LogP contribution in [0.25, 0.3) is 16.6 Å². The fourth-order valence-corrected chi connectivity index (χ4v) is 4.00. The lowest BCUT2D eigenvalue weighted by Gasteiger charge is -2.10. The van der Waals surface area contributed by atoms with Gasteiger partial charge in [-0.25, -0.2) is 24.3 Å². The Kier molecular flexibility index (Phi) is 6.30. The molecular weight excluding hydrogens is 451 g/mol. The maximum Gasteiger partial charge on any atom is 0.416 e. The summed E-state index contributed by atoms with van der Waals surface area (Å²) in [5.41, 5.74) is 0.181. The summed E-state index contributed by atoms with van der Waals surface area (Å²) in [5.74, 6) is 5.31. The van der Waals surface area contributed by atoms with Crippen molar-refractivity contribution < 1.29 is 26.4 Å². The quantitative estimate of drug-likeness (QED) is 0.263. The molecule has 0 spiro atoms. The van der Waals surface area contributed by atoms with E-state index in [1.807, 2.05) is 0 Å². The van der Waals surface area contributed by atoms with Gasteiger partial charge >= 0.3 is 6.18 Å². The third kappa shape index (κ3) is 5.57. The minimum Gasteiger partial charge on any atom is -0.268 e. The van der Waals surface area contributed by atoms with E-state index in [1.54, 1.807) is 12.1 Å². The molecule has 0 saturated carbocycles. The van der Waals surface area contributed by atoms with Crippen LogP contribution < -0.4 is 10.9 Å². The molecule has 0 saturated heterocycles. The van der Waals surface area contributed by atoms with E-state index in [9.17, 15) is 26.4 Å². The number of amides is 1. The van der Waals surface area contributed by atoms with Gasteiger partial charge in [0.15, 0.2) is 15.7 Å². The van der Waals surface area contributed by atoms with E-state index in [4.69, 9.17) is 5.84 Å². The fraction of sp³-hybridized carbons (Fsp3) is 0.100. The molecular formula is C20H16F3N3O3S2. The number of nitrogens with zero attached hydrogens (tertiary/aromatic N) is 2. The normalized spacial score (nSPS) is 12.3. The zero-order valence-corrected chi connectivity index (χ0v) is 17.6. The van der Waals surface area contributed by atoms with E-state index in [0.717, 1.165) is 34.7 Å². The molecule has 162 valence electrons. The van der Waals surface area contributed by atoms with Gasteiger partial charge in [0, 0.05) is 23.3 Å². The van der Waals surface area contributed by atoms with Gasteiger partial charge in [-0.1, -0.05) is 24.3 Å². The number of benzene rings is 2. The first-order valence-electron chi connectivity index (χ1n) is 8.65. The molecule has 0 aliphatic carbocycles. The van der Waals surface area contributed by atoms with E-state index in [-0.39, 0.29) is 10.7 Å². The fourth-order valence-electron chi connectivity index (χ4n) is 2.52. The molecule has 3 rings (SSSR count). The van der Waals surface area contributed by atoms with Gasteiger partial charge < -0.3 is 0 Å². The van der Waals surface area contributed by atoms with Crippen molar-refractivity contribution >= 4 is 39.0 Å². The highest BCUT2D eigenvalue weighted by Crippen LogP contribution is 2.32. The summed E-state index contributed by atoms with van der Waals surface area (Å²) in [6, 6.07) is 10.5. The first kappa shape index (κ1) is 22.7. The maximum absolute atomic E-state index is 12.7. The van der Waals surface area contributed by atoms with Crippen molar-refractivity contribution in [2.24, 2.45) is 5.84 Å². The van der Waals surface area contributed by atoms with Crippen molar-refractivity contribution in [2.45, 2.75) is 11.1 Å². The van der Waals surface area contributed by atoms with Crippen molar-refractivity contribution in [1.82, 2.24) is 4.98 Å². The lowest BCUT2D eigenvalue weighted by Crippen LogP contribution is -2.36. The van der Waals surface area contributed by atoms with Gasteiger partial charge in [-0.15, -0.1) is 11.3 Å². The lowest BCUT2D eigenvalue weighted by atomic mass is 10.1. The van der Waals surface area contributed by atoms with Crippen LogP contribution in [0.5, 0.6) is 0 Å². The number of carbonyl (C=O) groups excluding carboxylic acids is 1. The van der Waals surface area contributed by atoms with E-state index < -0.39 is 27.5 Å². The zero-order valence-electron chi connectivity index (χ0n) is 16.0. The molecule has 0 fully saturated rings. The lowest BCUT2D eigenvalue weighted by molar-refractivity contribution is -0.137. The van der Waals surface area contributed by atoms with E-state index >= 15 is 0 Å². The summed E-state index contributed by atoms with van der Waals surface area (Å²) in [6.45, 7) is 0. The first-order valence-corrected chi connectivity index (χ1v) is 11.4. The topological polar surface area (TPSA) is 93.4 Å². The average molecular weight is 467 g/mol. The summed E-state index contributed by atoms with van der Waals surface area (Å²) in [6.07, 6.45) is -0.766. The third-order valence-electron chi connectivity index (χ3n) is 4.14. The Labute approximate surface area is 180 Å². The highest BCUT2D eigenvalue weighted by molar-refractivity contribution is 7.90. The average Bonchev–Trinajstić information content (AvgIpc) is 3.20. The Morgan fingerprint density at radius 2 is 1.84 bits per heavy atom. The van der Waals surface area contributed by atoms with Crippen LogP contribution in [0, 0.1) is 0 Å². The van der Waals surface area contributed by atoms with E-state index in [1.165, 1.54) is 41.8 Å². The molecule has 6 nitrogen and oxygen atoms in total. The number of anilines is 1. The van der Waals surface area contributed by atoms with Crippen molar-refractivity contribution in [3.05, 3.63) is 71.1 Å². The smallest absolute Gasteiger partial charge is 0.268 e. The Bertz CT molecular complexity index is 1230. The number of nitrogens with two attached hydrogens (primary N) is 1. The Hall–Kier alpha value is -3.02. The van der Waals surface area contributed by atoms with Gasteiger partial charge in [0.1, 0.15) is 5.01 Å². The summed E-state index contributed by atoms with van der Waals surface area (Å²) < 4.78 is 61.3. The van der Waals surface area contributed by atoms with Gasteiger partial charge in [0.25, 0.3) is 5.91 Å². The number of hydrogen-bond acceptors (Lipinski definition) is 6. The van der Waals surface area contributed by atoms with Crippen LogP contribution in [-0.4, -0.2) is 25.6 Å². The van der Waals surface area contributed by atoms with E-state index in [0.29, 0.717) is 16.1 Å². The highest BCUT2D eigenvalue weighted by atomic mass is 32.2. The van der Waals surface area contributed by atoms with Crippen LogP contribution >= 0.6 is 11.3 Å². The Balaban J connectivity index is 1.74. The molecule has 2 aromatic carbocycles. The molecule has 0 aliphatic rings. The second kappa shape index (κ2) is 8.61. The van der Waals surface area contributed by atoms with Crippen molar-refractivity contribution in [2.75, 3.05) is 11.3 Å². The van der Waals surface area contributed by atoms with Crippen LogP contribution in [0.2, 0.25) is 0 Å². The molecule has 0 atom stereocenters. The van der Waals surface area contributed by atoms with Crippen LogP contribution in [0.4, 0.5) is 19.0 Å². The van der Waals surface area contributed by atoms with Crippen LogP contribution in [0.15, 0.2) is 64.9 Å². The third-order valence-corrected chi connectivity index (χ3v) is 6.13. The van der Waals surface area contributed by atoms with Crippen LogP contribution in [0.3, 0.4) is 0 Å². The largest absolute Gasteiger partial charge is 0.416 e. The number of aromatic nitrogens is 1.